The van der Waals surface area contributed by atoms with Crippen LogP contribution in [-0.4, -0.2) is 36.2 Å². The number of methoxy groups -OCH3 is 1. The summed E-state index contributed by atoms with van der Waals surface area (Å²) in [5.41, 5.74) is 1.92. The number of nitrogens with one attached hydrogen (secondary N) is 1. The minimum atomic E-state index is -0.626. The zero-order chi connectivity index (χ0) is 19.8. The van der Waals surface area contributed by atoms with Crippen molar-refractivity contribution in [2.75, 3.05) is 13.7 Å². The molecular weight excluding hydrogens is 358 g/mol. The smallest absolute Gasteiger partial charge is 0.355 e. The van der Waals surface area contributed by atoms with E-state index in [0.29, 0.717) is 28.0 Å². The van der Waals surface area contributed by atoms with E-state index in [1.165, 1.54) is 7.11 Å². The third-order valence-electron chi connectivity index (χ3n) is 4.71. The monoisotopic (exact) mass is 375 g/mol. The summed E-state index contributed by atoms with van der Waals surface area (Å²) in [6, 6.07) is 13.6. The van der Waals surface area contributed by atoms with Crippen LogP contribution < -0.4 is 4.74 Å². The van der Waals surface area contributed by atoms with Gasteiger partial charge in [0, 0.05) is 16.7 Å². The van der Waals surface area contributed by atoms with Gasteiger partial charge in [0.25, 0.3) is 0 Å². The van der Waals surface area contributed by atoms with Crippen LogP contribution >= 0.6 is 0 Å². The van der Waals surface area contributed by atoms with Crippen molar-refractivity contribution in [2.45, 2.75) is 6.92 Å². The van der Waals surface area contributed by atoms with E-state index < -0.39 is 5.97 Å². The highest BCUT2D eigenvalue weighted by Crippen LogP contribution is 2.38. The maximum Gasteiger partial charge on any atom is 0.355 e. The van der Waals surface area contributed by atoms with Crippen molar-refractivity contribution in [2.24, 2.45) is 0 Å². The molecule has 140 valence electrons. The molecule has 0 amide bonds. The van der Waals surface area contributed by atoms with Crippen LogP contribution in [0.1, 0.15) is 49.4 Å². The molecule has 0 unspecified atom stereocenters. The summed E-state index contributed by atoms with van der Waals surface area (Å²) in [5.74, 6) is -0.698. The van der Waals surface area contributed by atoms with Gasteiger partial charge in [-0.2, -0.15) is 0 Å². The summed E-state index contributed by atoms with van der Waals surface area (Å²) in [5, 5.41) is 0. The molecule has 6 heteroatoms. The molecule has 0 saturated heterocycles. The van der Waals surface area contributed by atoms with E-state index in [1.807, 2.05) is 0 Å². The Morgan fingerprint density at radius 1 is 0.964 bits per heavy atom. The topological polar surface area (TPSA) is 85.5 Å². The van der Waals surface area contributed by atoms with Gasteiger partial charge in [0.05, 0.1) is 25.0 Å². The number of ketones is 2. The molecule has 0 fully saturated rings. The van der Waals surface area contributed by atoms with Crippen LogP contribution in [0.5, 0.6) is 5.75 Å². The first-order valence-corrected chi connectivity index (χ1v) is 8.82. The summed E-state index contributed by atoms with van der Waals surface area (Å²) in [6.45, 7) is 1.86. The summed E-state index contributed by atoms with van der Waals surface area (Å²) in [6.07, 6.45) is 0. The second kappa shape index (κ2) is 6.81. The summed E-state index contributed by atoms with van der Waals surface area (Å²) >= 11 is 0. The van der Waals surface area contributed by atoms with Crippen LogP contribution in [0.4, 0.5) is 0 Å². The fourth-order valence-electron chi connectivity index (χ4n) is 3.47. The molecule has 1 heterocycles. The lowest BCUT2D eigenvalue weighted by atomic mass is 9.85. The fourth-order valence-corrected chi connectivity index (χ4v) is 3.47. The molecule has 1 N–H and O–H groups in total. The van der Waals surface area contributed by atoms with E-state index in [0.717, 1.165) is 0 Å². The zero-order valence-electron chi connectivity index (χ0n) is 15.4. The van der Waals surface area contributed by atoms with Crippen LogP contribution in [0.3, 0.4) is 0 Å². The number of carbonyl (C=O) groups excluding carboxylic acids is 3. The van der Waals surface area contributed by atoms with Gasteiger partial charge in [-0.15, -0.1) is 0 Å². The van der Waals surface area contributed by atoms with Crippen molar-refractivity contribution < 1.29 is 23.9 Å². The maximum atomic E-state index is 13.2. The molecule has 1 aromatic heterocycles. The number of hydrogen-bond donors (Lipinski definition) is 1. The van der Waals surface area contributed by atoms with Crippen LogP contribution in [0, 0.1) is 0 Å². The van der Waals surface area contributed by atoms with Gasteiger partial charge < -0.3 is 14.5 Å². The van der Waals surface area contributed by atoms with Gasteiger partial charge in [0.15, 0.2) is 5.78 Å². The first-order chi connectivity index (χ1) is 13.6. The Morgan fingerprint density at radius 3 is 2.36 bits per heavy atom. The molecule has 3 aromatic rings. The standard InChI is InChI=1S/C22H17NO5/c1-3-28-22(26)19-16(12-7-6-8-13(11-12)27-2)17-18(23-19)21(25)15-10-5-4-9-14(15)20(17)24/h4-11,23H,3H2,1-2H3. The minimum Gasteiger partial charge on any atom is -0.497 e. The Morgan fingerprint density at radius 2 is 1.68 bits per heavy atom. The molecule has 28 heavy (non-hydrogen) atoms. The van der Waals surface area contributed by atoms with E-state index in [9.17, 15) is 14.4 Å². The van der Waals surface area contributed by atoms with Crippen LogP contribution in [-0.2, 0) is 4.74 Å². The first kappa shape index (κ1) is 17.7. The van der Waals surface area contributed by atoms with Gasteiger partial charge in [0.2, 0.25) is 5.78 Å². The molecule has 0 spiro atoms. The quantitative estimate of drug-likeness (QED) is 0.551. The number of aromatic nitrogens is 1. The minimum absolute atomic E-state index is 0.0783. The van der Waals surface area contributed by atoms with Gasteiger partial charge in [-0.1, -0.05) is 36.4 Å². The summed E-state index contributed by atoms with van der Waals surface area (Å²) in [4.78, 5) is 41.7. The average molecular weight is 375 g/mol. The Balaban J connectivity index is 2.01. The number of esters is 1. The van der Waals surface area contributed by atoms with E-state index >= 15 is 0 Å². The SMILES string of the molecule is CCOC(=O)c1[nH]c2c(c1-c1cccc(OC)c1)C(=O)c1ccccc1C2=O. The molecule has 2 aromatic carbocycles. The number of fused-ring (bicyclic) bond motifs is 2. The second-order valence-electron chi connectivity index (χ2n) is 6.28. The third-order valence-corrected chi connectivity index (χ3v) is 4.71. The largest absolute Gasteiger partial charge is 0.497 e. The van der Waals surface area contributed by atoms with Gasteiger partial charge in [-0.3, -0.25) is 9.59 Å². The van der Waals surface area contributed by atoms with Gasteiger partial charge in [-0.05, 0) is 24.6 Å². The predicted molar refractivity (Wildman–Crippen MR) is 102 cm³/mol. The van der Waals surface area contributed by atoms with Crippen molar-refractivity contribution in [1.82, 2.24) is 4.98 Å². The first-order valence-electron chi connectivity index (χ1n) is 8.82. The fraction of sp³-hybridized carbons (Fsp3) is 0.136. The highest BCUT2D eigenvalue weighted by atomic mass is 16.5. The highest BCUT2D eigenvalue weighted by molar-refractivity contribution is 6.31. The molecule has 0 aliphatic heterocycles. The highest BCUT2D eigenvalue weighted by Gasteiger charge is 2.37. The lowest BCUT2D eigenvalue weighted by Gasteiger charge is -2.15. The molecule has 0 saturated carbocycles. The summed E-state index contributed by atoms with van der Waals surface area (Å²) in [7, 11) is 1.53. The molecule has 0 bridgehead atoms. The molecule has 0 atom stereocenters. The van der Waals surface area contributed by atoms with Crippen molar-refractivity contribution in [3.63, 3.8) is 0 Å². The predicted octanol–water partition coefficient (Wildman–Crippen LogP) is 3.64. The Labute approximate surface area is 161 Å². The third kappa shape index (κ3) is 2.62. The van der Waals surface area contributed by atoms with Gasteiger partial charge >= 0.3 is 5.97 Å². The molecular formula is C22H17NO5. The average Bonchev–Trinajstić information content (AvgIpc) is 3.13. The van der Waals surface area contributed by atoms with E-state index in [-0.39, 0.29) is 35.1 Å². The summed E-state index contributed by atoms with van der Waals surface area (Å²) < 4.78 is 10.4. The number of carbonyl (C=O) groups is 3. The van der Waals surface area contributed by atoms with E-state index in [2.05, 4.69) is 4.98 Å². The molecule has 6 nitrogen and oxygen atoms in total. The van der Waals surface area contributed by atoms with Crippen molar-refractivity contribution in [3.8, 4) is 16.9 Å². The number of H-pyrrole nitrogens is 1. The van der Waals surface area contributed by atoms with Crippen molar-refractivity contribution in [3.05, 3.63) is 76.6 Å². The molecule has 1 aliphatic rings. The second-order valence-corrected chi connectivity index (χ2v) is 6.28. The van der Waals surface area contributed by atoms with E-state index in [1.54, 1.807) is 55.5 Å². The number of benzene rings is 2. The Bertz CT molecular complexity index is 1130. The number of rotatable bonds is 4. The zero-order valence-corrected chi connectivity index (χ0v) is 15.4. The van der Waals surface area contributed by atoms with E-state index in [4.69, 9.17) is 9.47 Å². The molecule has 1 aliphatic carbocycles. The maximum absolute atomic E-state index is 13.2. The van der Waals surface area contributed by atoms with Crippen LogP contribution in [0.2, 0.25) is 0 Å². The Kier molecular flexibility index (Phi) is 4.31. The van der Waals surface area contributed by atoms with Crippen molar-refractivity contribution in [1.29, 1.82) is 0 Å². The normalized spacial score (nSPS) is 12.4. The molecule has 4 rings (SSSR count). The Hall–Kier alpha value is -3.67. The molecule has 0 radical (unpaired) electrons. The van der Waals surface area contributed by atoms with Gasteiger partial charge in [-0.25, -0.2) is 4.79 Å². The number of hydrogen-bond acceptors (Lipinski definition) is 5. The van der Waals surface area contributed by atoms with Crippen LogP contribution in [0.25, 0.3) is 11.1 Å². The lowest BCUT2D eigenvalue weighted by molar-refractivity contribution is 0.0521. The van der Waals surface area contributed by atoms with Gasteiger partial charge in [0.1, 0.15) is 11.4 Å². The number of ether oxygens (including phenoxy) is 2. The number of aromatic amines is 1. The lowest BCUT2D eigenvalue weighted by Crippen LogP contribution is -2.20. The van der Waals surface area contributed by atoms with Crippen molar-refractivity contribution >= 4 is 17.5 Å². The van der Waals surface area contributed by atoms with Crippen LogP contribution in [0.15, 0.2) is 48.5 Å².